The van der Waals surface area contributed by atoms with E-state index in [9.17, 15) is 4.79 Å². The normalized spacial score (nSPS) is 19.0. The van der Waals surface area contributed by atoms with Crippen LogP contribution in [0.25, 0.3) is 21.7 Å². The molecule has 0 spiro atoms. The summed E-state index contributed by atoms with van der Waals surface area (Å²) in [5.74, 6) is -0.0906. The van der Waals surface area contributed by atoms with Crippen molar-refractivity contribution in [3.8, 4) is 0 Å². The van der Waals surface area contributed by atoms with Crippen LogP contribution in [0.2, 0.25) is 0 Å². The number of ether oxygens (including phenoxy) is 1. The fourth-order valence-electron chi connectivity index (χ4n) is 3.30. The van der Waals surface area contributed by atoms with Crippen LogP contribution in [-0.4, -0.2) is 55.2 Å². The number of morpholine rings is 1. The molecule has 5 heteroatoms. The van der Waals surface area contributed by atoms with Crippen molar-refractivity contribution in [3.63, 3.8) is 0 Å². The second-order valence-electron chi connectivity index (χ2n) is 6.40. The number of amides is 1. The third-order valence-corrected chi connectivity index (χ3v) is 4.61. The second kappa shape index (κ2) is 6.26. The molecule has 0 aliphatic carbocycles. The molecule has 1 fully saturated rings. The Morgan fingerprint density at radius 1 is 1.29 bits per heavy atom. The molecule has 0 unspecified atom stereocenters. The third kappa shape index (κ3) is 2.88. The Morgan fingerprint density at radius 2 is 2.17 bits per heavy atom. The van der Waals surface area contributed by atoms with Crippen molar-refractivity contribution < 1.29 is 9.53 Å². The van der Waals surface area contributed by atoms with Crippen LogP contribution >= 0.6 is 0 Å². The van der Waals surface area contributed by atoms with Gasteiger partial charge in [-0.05, 0) is 30.0 Å². The lowest BCUT2D eigenvalue weighted by atomic mass is 10.1. The van der Waals surface area contributed by atoms with E-state index >= 15 is 0 Å². The van der Waals surface area contributed by atoms with Gasteiger partial charge in [0.25, 0.3) is 5.91 Å². The molecule has 2 heterocycles. The Balaban J connectivity index is 1.53. The fourth-order valence-corrected chi connectivity index (χ4v) is 3.30. The lowest BCUT2D eigenvalue weighted by molar-refractivity contribution is -0.0175. The Hall–Kier alpha value is -2.37. The van der Waals surface area contributed by atoms with Crippen LogP contribution in [0.1, 0.15) is 10.5 Å². The maximum Gasteiger partial charge on any atom is 0.267 e. The van der Waals surface area contributed by atoms with Gasteiger partial charge in [0, 0.05) is 30.5 Å². The summed E-state index contributed by atoms with van der Waals surface area (Å²) < 4.78 is 5.68. The minimum Gasteiger partial charge on any atom is -0.374 e. The molecule has 1 aliphatic rings. The minimum absolute atomic E-state index is 0.0536. The monoisotopic (exact) mass is 323 g/mol. The van der Waals surface area contributed by atoms with Crippen LogP contribution in [0.5, 0.6) is 0 Å². The number of carbonyl (C=O) groups excluding carboxylic acids is 1. The van der Waals surface area contributed by atoms with Gasteiger partial charge in [0.05, 0.1) is 12.7 Å². The number of H-pyrrole nitrogens is 1. The van der Waals surface area contributed by atoms with Crippen LogP contribution in [0.4, 0.5) is 0 Å². The van der Waals surface area contributed by atoms with E-state index in [2.05, 4.69) is 40.4 Å². The molecule has 0 radical (unpaired) electrons. The zero-order valence-electron chi connectivity index (χ0n) is 13.7. The summed E-state index contributed by atoms with van der Waals surface area (Å²) >= 11 is 0. The second-order valence-corrected chi connectivity index (χ2v) is 6.40. The molecular formula is C19H21N3O2. The average molecular weight is 323 g/mol. The zero-order valence-corrected chi connectivity index (χ0v) is 13.7. The van der Waals surface area contributed by atoms with Crippen molar-refractivity contribution in [2.24, 2.45) is 0 Å². The summed E-state index contributed by atoms with van der Waals surface area (Å²) in [4.78, 5) is 17.9. The molecule has 24 heavy (non-hydrogen) atoms. The number of fused-ring (bicyclic) bond motifs is 3. The highest BCUT2D eigenvalue weighted by Gasteiger charge is 2.19. The number of nitrogens with zero attached hydrogens (tertiary/aromatic N) is 1. The zero-order chi connectivity index (χ0) is 16.5. The molecular weight excluding hydrogens is 302 g/mol. The Morgan fingerprint density at radius 3 is 3.04 bits per heavy atom. The summed E-state index contributed by atoms with van der Waals surface area (Å²) in [5.41, 5.74) is 1.57. The molecule has 3 aromatic rings. The van der Waals surface area contributed by atoms with Crippen molar-refractivity contribution in [1.29, 1.82) is 0 Å². The first-order chi connectivity index (χ1) is 11.7. The quantitative estimate of drug-likeness (QED) is 0.778. The summed E-state index contributed by atoms with van der Waals surface area (Å²) in [6.45, 7) is 3.03. The van der Waals surface area contributed by atoms with Gasteiger partial charge in [-0.15, -0.1) is 0 Å². The van der Waals surface area contributed by atoms with Gasteiger partial charge in [-0.3, -0.25) is 4.79 Å². The number of hydrogen-bond donors (Lipinski definition) is 2. The summed E-state index contributed by atoms with van der Waals surface area (Å²) in [7, 11) is 2.07. The van der Waals surface area contributed by atoms with Gasteiger partial charge in [0.15, 0.2) is 0 Å². The lowest BCUT2D eigenvalue weighted by Crippen LogP contribution is -2.45. The van der Waals surface area contributed by atoms with E-state index in [1.165, 1.54) is 5.39 Å². The van der Waals surface area contributed by atoms with E-state index in [-0.39, 0.29) is 12.0 Å². The fraction of sp³-hybridized carbons (Fsp3) is 0.316. The topological polar surface area (TPSA) is 57.4 Å². The highest BCUT2D eigenvalue weighted by atomic mass is 16.5. The van der Waals surface area contributed by atoms with E-state index in [0.717, 1.165) is 36.0 Å². The molecule has 5 nitrogen and oxygen atoms in total. The maximum absolute atomic E-state index is 12.5. The van der Waals surface area contributed by atoms with E-state index in [1.807, 2.05) is 24.3 Å². The van der Waals surface area contributed by atoms with E-state index in [1.54, 1.807) is 0 Å². The molecule has 1 saturated heterocycles. The van der Waals surface area contributed by atoms with Gasteiger partial charge in [-0.25, -0.2) is 0 Å². The molecule has 1 amide bonds. The van der Waals surface area contributed by atoms with Crippen molar-refractivity contribution in [2.45, 2.75) is 6.10 Å². The summed E-state index contributed by atoms with van der Waals surface area (Å²) in [5, 5.41) is 6.38. The van der Waals surface area contributed by atoms with Crippen molar-refractivity contribution in [2.75, 3.05) is 33.3 Å². The largest absolute Gasteiger partial charge is 0.374 e. The van der Waals surface area contributed by atoms with Crippen molar-refractivity contribution >= 4 is 27.6 Å². The first-order valence-corrected chi connectivity index (χ1v) is 8.29. The van der Waals surface area contributed by atoms with Crippen molar-refractivity contribution in [1.82, 2.24) is 15.2 Å². The summed E-state index contributed by atoms with van der Waals surface area (Å²) in [6, 6.07) is 14.2. The van der Waals surface area contributed by atoms with Gasteiger partial charge in [-0.2, -0.15) is 0 Å². The van der Waals surface area contributed by atoms with E-state index in [0.29, 0.717) is 12.2 Å². The first-order valence-electron chi connectivity index (χ1n) is 8.29. The molecule has 2 N–H and O–H groups in total. The lowest BCUT2D eigenvalue weighted by Gasteiger charge is -2.30. The number of aromatic amines is 1. The minimum atomic E-state index is -0.0906. The standard InChI is InChI=1S/C19H21N3O2/c1-22-8-9-24-14(12-22)11-20-19(23)18-10-16-15-5-3-2-4-13(15)6-7-17(16)21-18/h2-7,10,14,21H,8-9,11-12H2,1H3,(H,20,23)/t14-/m0/s1. The number of aromatic nitrogens is 1. The highest BCUT2D eigenvalue weighted by Crippen LogP contribution is 2.25. The third-order valence-electron chi connectivity index (χ3n) is 4.61. The Kier molecular flexibility index (Phi) is 3.96. The Labute approximate surface area is 140 Å². The molecule has 2 aromatic carbocycles. The van der Waals surface area contributed by atoms with E-state index in [4.69, 9.17) is 4.74 Å². The molecule has 1 atom stereocenters. The molecule has 0 bridgehead atoms. The average Bonchev–Trinajstić information content (AvgIpc) is 3.04. The number of hydrogen-bond acceptors (Lipinski definition) is 3. The van der Waals surface area contributed by atoms with E-state index < -0.39 is 0 Å². The number of nitrogens with one attached hydrogen (secondary N) is 2. The van der Waals surface area contributed by atoms with Gasteiger partial charge in [0.2, 0.25) is 0 Å². The van der Waals surface area contributed by atoms with Crippen molar-refractivity contribution in [3.05, 3.63) is 48.2 Å². The van der Waals surface area contributed by atoms with Crippen LogP contribution in [0, 0.1) is 0 Å². The predicted octanol–water partition coefficient (Wildman–Crippen LogP) is 2.38. The molecule has 4 rings (SSSR count). The number of rotatable bonds is 3. The van der Waals surface area contributed by atoms with Gasteiger partial charge < -0.3 is 19.9 Å². The summed E-state index contributed by atoms with van der Waals surface area (Å²) in [6.07, 6.45) is 0.0536. The smallest absolute Gasteiger partial charge is 0.267 e. The predicted molar refractivity (Wildman–Crippen MR) is 95.4 cm³/mol. The molecule has 0 saturated carbocycles. The maximum atomic E-state index is 12.5. The first kappa shape index (κ1) is 15.2. The van der Waals surface area contributed by atoms with Gasteiger partial charge in [0.1, 0.15) is 5.69 Å². The van der Waals surface area contributed by atoms with Crippen LogP contribution in [0.15, 0.2) is 42.5 Å². The molecule has 1 aliphatic heterocycles. The van der Waals surface area contributed by atoms with Gasteiger partial charge >= 0.3 is 0 Å². The van der Waals surface area contributed by atoms with Crippen LogP contribution in [0.3, 0.4) is 0 Å². The van der Waals surface area contributed by atoms with Gasteiger partial charge in [-0.1, -0.05) is 30.3 Å². The molecule has 1 aromatic heterocycles. The number of carbonyl (C=O) groups is 1. The Bertz CT molecular complexity index is 887. The number of likely N-dealkylation sites (N-methyl/N-ethyl adjacent to an activating group) is 1. The number of benzene rings is 2. The van der Waals surface area contributed by atoms with Crippen LogP contribution < -0.4 is 5.32 Å². The SMILES string of the molecule is CN1CCO[C@@H](CNC(=O)c2cc3c(ccc4ccccc43)[nH]2)C1. The highest BCUT2D eigenvalue weighted by molar-refractivity contribution is 6.09. The molecule has 124 valence electrons. The van der Waals surface area contributed by atoms with Crippen LogP contribution in [-0.2, 0) is 4.74 Å².